The summed E-state index contributed by atoms with van der Waals surface area (Å²) in [6.07, 6.45) is 0. The van der Waals surface area contributed by atoms with Crippen LogP contribution < -0.4 is 0 Å². The van der Waals surface area contributed by atoms with Gasteiger partial charge >= 0.3 is 0 Å². The first-order valence-electron chi connectivity index (χ1n) is 6.39. The lowest BCUT2D eigenvalue weighted by Gasteiger charge is -2.37. The van der Waals surface area contributed by atoms with Gasteiger partial charge in [0.05, 0.1) is 13.2 Å². The van der Waals surface area contributed by atoms with E-state index in [2.05, 4.69) is 11.5 Å². The molecular formula is C11H20ClN3O3S. The van der Waals surface area contributed by atoms with Crippen molar-refractivity contribution < 1.29 is 13.2 Å². The summed E-state index contributed by atoms with van der Waals surface area (Å²) in [7, 11) is -3.33. The van der Waals surface area contributed by atoms with Crippen LogP contribution in [0.1, 0.15) is 0 Å². The molecule has 0 radical (unpaired) electrons. The molecule has 2 fully saturated rings. The molecule has 2 aliphatic heterocycles. The lowest BCUT2D eigenvalue weighted by molar-refractivity contribution is 0.0687. The van der Waals surface area contributed by atoms with Crippen LogP contribution in [0.25, 0.3) is 0 Å². The summed E-state index contributed by atoms with van der Waals surface area (Å²) >= 11 is 5.77. The largest absolute Gasteiger partial charge is 0.379 e. The van der Waals surface area contributed by atoms with Gasteiger partial charge in [-0.2, -0.15) is 17.0 Å². The van der Waals surface area contributed by atoms with Crippen LogP contribution in [-0.2, 0) is 14.9 Å². The highest BCUT2D eigenvalue weighted by Crippen LogP contribution is 2.14. The Balaban J connectivity index is 1.90. The minimum atomic E-state index is -3.33. The van der Waals surface area contributed by atoms with E-state index in [9.17, 15) is 8.42 Å². The van der Waals surface area contributed by atoms with Crippen LogP contribution >= 0.6 is 11.6 Å². The first kappa shape index (κ1) is 15.2. The molecule has 0 aromatic rings. The fraction of sp³-hybridized carbons (Fsp3) is 0.818. The SMILES string of the molecule is C=C(Cl)CN1CCN(S(=O)(=O)N2CCOCC2)CC1. The highest BCUT2D eigenvalue weighted by Gasteiger charge is 2.33. The van der Waals surface area contributed by atoms with Crippen LogP contribution in [0, 0.1) is 0 Å². The normalized spacial score (nSPS) is 24.5. The summed E-state index contributed by atoms with van der Waals surface area (Å²) in [5.41, 5.74) is 0. The summed E-state index contributed by atoms with van der Waals surface area (Å²) in [5.74, 6) is 0. The predicted molar refractivity (Wildman–Crippen MR) is 74.3 cm³/mol. The molecule has 6 nitrogen and oxygen atoms in total. The molecule has 2 heterocycles. The summed E-state index contributed by atoms with van der Waals surface area (Å²) < 4.78 is 33.0. The number of rotatable bonds is 4. The topological polar surface area (TPSA) is 53.1 Å². The third-order valence-corrected chi connectivity index (χ3v) is 5.50. The van der Waals surface area contributed by atoms with Crippen molar-refractivity contribution in [2.75, 3.05) is 59.0 Å². The van der Waals surface area contributed by atoms with Crippen LogP contribution in [-0.4, -0.2) is 81.0 Å². The lowest BCUT2D eigenvalue weighted by atomic mass is 10.3. The van der Waals surface area contributed by atoms with Gasteiger partial charge in [-0.25, -0.2) is 0 Å². The highest BCUT2D eigenvalue weighted by atomic mass is 35.5. The van der Waals surface area contributed by atoms with E-state index in [1.54, 1.807) is 4.31 Å². The van der Waals surface area contributed by atoms with Gasteiger partial charge in [0.25, 0.3) is 10.2 Å². The van der Waals surface area contributed by atoms with Crippen LogP contribution in [0.2, 0.25) is 0 Å². The molecule has 0 bridgehead atoms. The minimum absolute atomic E-state index is 0.445. The Bertz CT molecular complexity index is 415. The van der Waals surface area contributed by atoms with Crippen molar-refractivity contribution >= 4 is 21.8 Å². The van der Waals surface area contributed by atoms with Crippen molar-refractivity contribution in [2.45, 2.75) is 0 Å². The monoisotopic (exact) mass is 309 g/mol. The third kappa shape index (κ3) is 3.90. The molecule has 0 N–H and O–H groups in total. The van der Waals surface area contributed by atoms with E-state index in [-0.39, 0.29) is 0 Å². The first-order valence-corrected chi connectivity index (χ1v) is 8.16. The second kappa shape index (κ2) is 6.51. The molecule has 0 aromatic carbocycles. The molecule has 19 heavy (non-hydrogen) atoms. The zero-order valence-corrected chi connectivity index (χ0v) is 12.5. The Morgan fingerprint density at radius 3 is 2.11 bits per heavy atom. The van der Waals surface area contributed by atoms with Crippen molar-refractivity contribution in [3.05, 3.63) is 11.6 Å². The van der Waals surface area contributed by atoms with Crippen molar-refractivity contribution in [1.82, 2.24) is 13.5 Å². The van der Waals surface area contributed by atoms with E-state index in [0.717, 1.165) is 0 Å². The smallest absolute Gasteiger partial charge is 0.282 e. The number of ether oxygens (including phenoxy) is 1. The molecule has 0 unspecified atom stereocenters. The van der Waals surface area contributed by atoms with E-state index in [1.165, 1.54) is 4.31 Å². The standard InChI is InChI=1S/C11H20ClN3O3S/c1-11(12)10-13-2-4-14(5-3-13)19(16,17)15-6-8-18-9-7-15/h1-10H2. The van der Waals surface area contributed by atoms with E-state index >= 15 is 0 Å². The molecule has 0 saturated carbocycles. The van der Waals surface area contributed by atoms with Gasteiger partial charge in [-0.1, -0.05) is 18.2 Å². The van der Waals surface area contributed by atoms with Crippen LogP contribution in [0.5, 0.6) is 0 Å². The molecular weight excluding hydrogens is 290 g/mol. The number of nitrogens with zero attached hydrogens (tertiary/aromatic N) is 3. The second-order valence-electron chi connectivity index (χ2n) is 4.71. The van der Waals surface area contributed by atoms with Gasteiger partial charge in [0.15, 0.2) is 0 Å². The van der Waals surface area contributed by atoms with Gasteiger partial charge in [0, 0.05) is 50.8 Å². The second-order valence-corrected chi connectivity index (χ2v) is 7.17. The molecule has 2 aliphatic rings. The Hall–Kier alpha value is -0.180. The zero-order valence-electron chi connectivity index (χ0n) is 10.9. The maximum atomic E-state index is 12.4. The number of piperazine rings is 1. The molecule has 2 saturated heterocycles. The Labute approximate surface area is 119 Å². The fourth-order valence-corrected chi connectivity index (χ4v) is 4.03. The van der Waals surface area contributed by atoms with Gasteiger partial charge < -0.3 is 4.74 Å². The van der Waals surface area contributed by atoms with Crippen LogP contribution in [0.3, 0.4) is 0 Å². The maximum absolute atomic E-state index is 12.4. The first-order chi connectivity index (χ1) is 9.00. The maximum Gasteiger partial charge on any atom is 0.282 e. The van der Waals surface area contributed by atoms with Gasteiger partial charge in [0.1, 0.15) is 0 Å². The molecule has 110 valence electrons. The van der Waals surface area contributed by atoms with Gasteiger partial charge in [-0.3, -0.25) is 4.90 Å². The van der Waals surface area contributed by atoms with E-state index in [1.807, 2.05) is 0 Å². The quantitative estimate of drug-likeness (QED) is 0.730. The van der Waals surface area contributed by atoms with Crippen molar-refractivity contribution in [1.29, 1.82) is 0 Å². The number of hydrogen-bond donors (Lipinski definition) is 0. The van der Waals surface area contributed by atoms with Gasteiger partial charge in [0.2, 0.25) is 0 Å². The molecule has 8 heteroatoms. The van der Waals surface area contributed by atoms with Crippen molar-refractivity contribution in [3.63, 3.8) is 0 Å². The number of hydrogen-bond acceptors (Lipinski definition) is 4. The molecule has 0 spiro atoms. The zero-order chi connectivity index (χ0) is 13.9. The summed E-state index contributed by atoms with van der Waals surface area (Å²) in [4.78, 5) is 2.11. The Kier molecular flexibility index (Phi) is 5.22. The molecule has 0 aromatic heterocycles. The van der Waals surface area contributed by atoms with E-state index < -0.39 is 10.2 Å². The van der Waals surface area contributed by atoms with Crippen molar-refractivity contribution in [3.8, 4) is 0 Å². The van der Waals surface area contributed by atoms with Gasteiger partial charge in [-0.05, 0) is 0 Å². The Morgan fingerprint density at radius 1 is 1.05 bits per heavy atom. The fourth-order valence-electron chi connectivity index (χ4n) is 2.30. The van der Waals surface area contributed by atoms with Crippen molar-refractivity contribution in [2.24, 2.45) is 0 Å². The van der Waals surface area contributed by atoms with Crippen LogP contribution in [0.4, 0.5) is 0 Å². The average Bonchev–Trinajstić information content (AvgIpc) is 2.40. The molecule has 0 atom stereocenters. The summed E-state index contributed by atoms with van der Waals surface area (Å²) in [6, 6.07) is 0. The predicted octanol–water partition coefficient (Wildman–Crippen LogP) is -0.0665. The summed E-state index contributed by atoms with van der Waals surface area (Å²) in [5, 5.41) is 0.587. The van der Waals surface area contributed by atoms with Crippen LogP contribution in [0.15, 0.2) is 11.6 Å². The highest BCUT2D eigenvalue weighted by molar-refractivity contribution is 7.86. The molecule has 2 rings (SSSR count). The summed E-state index contributed by atoms with van der Waals surface area (Å²) in [6.45, 7) is 8.51. The Morgan fingerprint density at radius 2 is 1.58 bits per heavy atom. The van der Waals surface area contributed by atoms with E-state index in [4.69, 9.17) is 16.3 Å². The number of halogens is 1. The van der Waals surface area contributed by atoms with E-state index in [0.29, 0.717) is 64.1 Å². The third-order valence-electron chi connectivity index (χ3n) is 3.35. The lowest BCUT2D eigenvalue weighted by Crippen LogP contribution is -2.54. The average molecular weight is 310 g/mol. The molecule has 0 aliphatic carbocycles. The minimum Gasteiger partial charge on any atom is -0.379 e. The molecule has 0 amide bonds. The number of morpholine rings is 1. The van der Waals surface area contributed by atoms with Gasteiger partial charge in [-0.15, -0.1) is 0 Å².